The highest BCUT2D eigenvalue weighted by Gasteiger charge is 2.26. The molecule has 2 atom stereocenters. The van der Waals surface area contributed by atoms with Gasteiger partial charge in [-0.1, -0.05) is 30.3 Å². The molecule has 1 saturated heterocycles. The third kappa shape index (κ3) is 4.07. The fourth-order valence-electron chi connectivity index (χ4n) is 4.35. The summed E-state index contributed by atoms with van der Waals surface area (Å²) in [4.78, 5) is 21.6. The first-order valence-corrected chi connectivity index (χ1v) is 10.5. The molecule has 6 bridgehead atoms. The number of ether oxygens (including phenoxy) is 1. The van der Waals surface area contributed by atoms with Gasteiger partial charge in [-0.3, -0.25) is 14.7 Å². The predicted octanol–water partition coefficient (Wildman–Crippen LogP) is 4.05. The number of rotatable bonds is 1. The van der Waals surface area contributed by atoms with Gasteiger partial charge in [-0.05, 0) is 60.5 Å². The molecule has 1 aromatic heterocycles. The van der Waals surface area contributed by atoms with Gasteiger partial charge in [0, 0.05) is 37.4 Å². The number of nitrogens with zero attached hydrogens (tertiary/aromatic N) is 3. The van der Waals surface area contributed by atoms with E-state index >= 15 is 0 Å². The first kappa shape index (κ1) is 18.8. The van der Waals surface area contributed by atoms with Crippen LogP contribution in [0.5, 0.6) is 11.5 Å². The van der Waals surface area contributed by atoms with Crippen molar-refractivity contribution in [3.05, 3.63) is 89.7 Å². The summed E-state index contributed by atoms with van der Waals surface area (Å²) >= 11 is 0. The fourth-order valence-corrected chi connectivity index (χ4v) is 4.35. The third-order valence-corrected chi connectivity index (χ3v) is 5.94. The van der Waals surface area contributed by atoms with Crippen LogP contribution in [0.1, 0.15) is 29.2 Å². The summed E-state index contributed by atoms with van der Waals surface area (Å²) in [6, 6.07) is 22.4. The Morgan fingerprint density at radius 2 is 1.73 bits per heavy atom. The summed E-state index contributed by atoms with van der Waals surface area (Å²) in [5.74, 6) is 1.96. The molecule has 5 heteroatoms. The van der Waals surface area contributed by atoms with E-state index in [4.69, 9.17) is 4.74 Å². The summed E-state index contributed by atoms with van der Waals surface area (Å²) in [6.45, 7) is 3.62. The molecule has 2 unspecified atom stereocenters. The smallest absolute Gasteiger partial charge is 0.237 e. The lowest BCUT2D eigenvalue weighted by molar-refractivity contribution is -0.136. The van der Waals surface area contributed by atoms with Crippen LogP contribution in [0, 0.1) is 0 Å². The largest absolute Gasteiger partial charge is 0.457 e. The molecule has 6 rings (SSSR count). The van der Waals surface area contributed by atoms with Crippen LogP contribution in [0.2, 0.25) is 0 Å². The Morgan fingerprint density at radius 3 is 2.57 bits per heavy atom. The van der Waals surface area contributed by atoms with Gasteiger partial charge >= 0.3 is 0 Å². The molecule has 3 aliphatic heterocycles. The van der Waals surface area contributed by atoms with Gasteiger partial charge in [0.1, 0.15) is 11.5 Å². The minimum atomic E-state index is 0.152. The average molecular weight is 399 g/mol. The Labute approximate surface area is 176 Å². The van der Waals surface area contributed by atoms with Crippen molar-refractivity contribution in [1.82, 2.24) is 14.8 Å². The Balaban J connectivity index is 1.55. The van der Waals surface area contributed by atoms with Gasteiger partial charge in [-0.15, -0.1) is 0 Å². The highest BCUT2D eigenvalue weighted by atomic mass is 16.5. The highest BCUT2D eigenvalue weighted by Crippen LogP contribution is 2.32. The third-order valence-electron chi connectivity index (χ3n) is 5.94. The van der Waals surface area contributed by atoms with E-state index in [1.165, 1.54) is 5.56 Å². The molecule has 3 aromatic rings. The maximum Gasteiger partial charge on any atom is 0.237 e. The summed E-state index contributed by atoms with van der Waals surface area (Å²) in [7, 11) is 0. The Morgan fingerprint density at radius 1 is 0.867 bits per heavy atom. The van der Waals surface area contributed by atoms with E-state index in [9.17, 15) is 4.79 Å². The summed E-state index contributed by atoms with van der Waals surface area (Å²) in [5.41, 5.74) is 3.32. The molecule has 152 valence electrons. The zero-order valence-corrected chi connectivity index (χ0v) is 16.9. The lowest BCUT2D eigenvalue weighted by Crippen LogP contribution is -2.50. The Hall–Kier alpha value is -3.18. The molecule has 0 aliphatic carbocycles. The fraction of sp³-hybridized carbons (Fsp3) is 0.280. The molecule has 1 fully saturated rings. The highest BCUT2D eigenvalue weighted by molar-refractivity contribution is 5.79. The zero-order valence-electron chi connectivity index (χ0n) is 16.9. The Bertz CT molecular complexity index is 1040. The van der Waals surface area contributed by atoms with E-state index in [2.05, 4.69) is 34.1 Å². The normalized spacial score (nSPS) is 21.5. The number of carbonyl (C=O) groups excluding carboxylic acids is 1. The van der Waals surface area contributed by atoms with Crippen LogP contribution >= 0.6 is 0 Å². The quantitative estimate of drug-likeness (QED) is 0.619. The number of hydrogen-bond donors (Lipinski definition) is 0. The lowest BCUT2D eigenvalue weighted by atomic mass is 9.91. The van der Waals surface area contributed by atoms with E-state index in [1.807, 2.05) is 53.6 Å². The van der Waals surface area contributed by atoms with Gasteiger partial charge in [0.15, 0.2) is 0 Å². The molecular formula is C25H25N3O2. The number of hydrogen-bond acceptors (Lipinski definition) is 4. The number of carbonyl (C=O) groups is 1. The molecule has 5 nitrogen and oxygen atoms in total. The molecule has 2 aromatic carbocycles. The molecule has 1 amide bonds. The minimum Gasteiger partial charge on any atom is -0.457 e. The van der Waals surface area contributed by atoms with Crippen LogP contribution in [0.3, 0.4) is 0 Å². The number of pyridine rings is 1. The van der Waals surface area contributed by atoms with Gasteiger partial charge in [-0.25, -0.2) is 0 Å². The SMILES string of the molecule is O=C1CN2CCC(c3ccccn3)c3cccc(c3)Oc3cccc(c3)CN1CC2. The van der Waals surface area contributed by atoms with Gasteiger partial charge < -0.3 is 9.64 Å². The van der Waals surface area contributed by atoms with Crippen LogP contribution in [0.4, 0.5) is 0 Å². The van der Waals surface area contributed by atoms with E-state index in [0.717, 1.165) is 48.8 Å². The van der Waals surface area contributed by atoms with Gasteiger partial charge in [-0.2, -0.15) is 0 Å². The van der Waals surface area contributed by atoms with Crippen molar-refractivity contribution in [2.24, 2.45) is 0 Å². The van der Waals surface area contributed by atoms with Crippen LogP contribution < -0.4 is 4.74 Å². The topological polar surface area (TPSA) is 45.7 Å². The van der Waals surface area contributed by atoms with E-state index in [-0.39, 0.29) is 11.8 Å². The van der Waals surface area contributed by atoms with Crippen molar-refractivity contribution < 1.29 is 9.53 Å². The lowest BCUT2D eigenvalue weighted by Gasteiger charge is -2.35. The van der Waals surface area contributed by atoms with Crippen LogP contribution in [-0.2, 0) is 11.3 Å². The summed E-state index contributed by atoms with van der Waals surface area (Å²) < 4.78 is 6.19. The van der Waals surface area contributed by atoms with Crippen LogP contribution in [0.15, 0.2) is 72.9 Å². The maximum atomic E-state index is 12.8. The number of piperazine rings is 1. The summed E-state index contributed by atoms with van der Waals surface area (Å²) in [6.07, 6.45) is 2.75. The minimum absolute atomic E-state index is 0.152. The number of amides is 1. The predicted molar refractivity (Wildman–Crippen MR) is 116 cm³/mol. The molecule has 30 heavy (non-hydrogen) atoms. The van der Waals surface area contributed by atoms with Crippen LogP contribution in [0.25, 0.3) is 0 Å². The summed E-state index contributed by atoms with van der Waals surface area (Å²) in [5, 5.41) is 0. The van der Waals surface area contributed by atoms with E-state index < -0.39 is 0 Å². The molecule has 0 saturated carbocycles. The van der Waals surface area contributed by atoms with E-state index in [0.29, 0.717) is 13.1 Å². The van der Waals surface area contributed by atoms with Crippen molar-refractivity contribution >= 4 is 5.91 Å². The van der Waals surface area contributed by atoms with Crippen molar-refractivity contribution in [1.29, 1.82) is 0 Å². The molecule has 0 spiro atoms. The average Bonchev–Trinajstić information content (AvgIpc) is 2.77. The monoisotopic (exact) mass is 399 g/mol. The van der Waals surface area contributed by atoms with Gasteiger partial charge in [0.05, 0.1) is 6.54 Å². The standard InChI is InChI=1S/C25H25N3O2/c29-25-18-27-12-10-23(24-9-1-2-11-26-24)20-6-4-8-22(16-20)30-21-7-3-5-19(15-21)17-28(25)14-13-27/h1-9,11,15-16,23H,10,12-14,17-18H2. The first-order valence-electron chi connectivity index (χ1n) is 10.5. The second-order valence-corrected chi connectivity index (χ2v) is 8.01. The maximum absolute atomic E-state index is 12.8. The number of fused-ring (bicyclic) bond motifs is 4. The first-order chi connectivity index (χ1) is 14.7. The number of aromatic nitrogens is 1. The molecule has 3 aliphatic rings. The number of benzene rings is 2. The van der Waals surface area contributed by atoms with Crippen molar-refractivity contribution in [2.45, 2.75) is 18.9 Å². The molecule has 0 N–H and O–H groups in total. The van der Waals surface area contributed by atoms with E-state index in [1.54, 1.807) is 0 Å². The van der Waals surface area contributed by atoms with Gasteiger partial charge in [0.2, 0.25) is 5.91 Å². The zero-order chi connectivity index (χ0) is 20.3. The second kappa shape index (κ2) is 8.28. The Kier molecular flexibility index (Phi) is 5.20. The van der Waals surface area contributed by atoms with Crippen LogP contribution in [-0.4, -0.2) is 46.9 Å². The molecule has 4 heterocycles. The second-order valence-electron chi connectivity index (χ2n) is 8.01. The van der Waals surface area contributed by atoms with Crippen molar-refractivity contribution in [3.63, 3.8) is 0 Å². The van der Waals surface area contributed by atoms with Crippen molar-refractivity contribution in [2.75, 3.05) is 26.2 Å². The molecular weight excluding hydrogens is 374 g/mol. The molecule has 0 radical (unpaired) electrons. The van der Waals surface area contributed by atoms with Crippen molar-refractivity contribution in [3.8, 4) is 11.5 Å². The van der Waals surface area contributed by atoms with Gasteiger partial charge in [0.25, 0.3) is 0 Å².